The first-order valence-corrected chi connectivity index (χ1v) is 18.5. The van der Waals surface area contributed by atoms with Crippen molar-refractivity contribution in [2.45, 2.75) is 0 Å². The topological polar surface area (TPSA) is 8.17 Å². The van der Waals surface area contributed by atoms with Crippen LogP contribution in [0, 0.1) is 0 Å². The van der Waals surface area contributed by atoms with Crippen molar-refractivity contribution in [3.63, 3.8) is 0 Å². The first-order chi connectivity index (χ1) is 26.8. The number of hydrogen-bond acceptors (Lipinski definition) is 1. The Morgan fingerprint density at radius 3 is 1.30 bits per heavy atom. The predicted molar refractivity (Wildman–Crippen MR) is 229 cm³/mol. The van der Waals surface area contributed by atoms with Crippen LogP contribution in [0.4, 0.5) is 17.1 Å². The van der Waals surface area contributed by atoms with Crippen LogP contribution >= 0.6 is 0 Å². The highest BCUT2D eigenvalue weighted by molar-refractivity contribution is 6.21. The summed E-state index contributed by atoms with van der Waals surface area (Å²) in [5.74, 6) is 0. The summed E-state index contributed by atoms with van der Waals surface area (Å²) < 4.78 is 2.40. The second-order valence-electron chi connectivity index (χ2n) is 13.8. The molecule has 0 N–H and O–H groups in total. The number of aromatic nitrogens is 1. The molecule has 2 heteroatoms. The number of hydrogen-bond donors (Lipinski definition) is 0. The van der Waals surface area contributed by atoms with Gasteiger partial charge in [0.25, 0.3) is 0 Å². The van der Waals surface area contributed by atoms with E-state index in [0.717, 1.165) is 22.7 Å². The first kappa shape index (κ1) is 31.6. The molecule has 10 aromatic rings. The summed E-state index contributed by atoms with van der Waals surface area (Å²) in [6.45, 7) is 0. The summed E-state index contributed by atoms with van der Waals surface area (Å²) in [5, 5.41) is 5.13. The van der Waals surface area contributed by atoms with E-state index in [-0.39, 0.29) is 0 Å². The molecule has 1 heterocycles. The summed E-state index contributed by atoms with van der Waals surface area (Å²) in [6, 6.07) is 78.7. The van der Waals surface area contributed by atoms with E-state index in [1.165, 1.54) is 66.0 Å². The van der Waals surface area contributed by atoms with Gasteiger partial charge in [-0.1, -0.05) is 158 Å². The predicted octanol–water partition coefficient (Wildman–Crippen LogP) is 14.4. The molecule has 0 unspecified atom stereocenters. The van der Waals surface area contributed by atoms with Crippen molar-refractivity contribution in [3.05, 3.63) is 218 Å². The Morgan fingerprint density at radius 2 is 0.704 bits per heavy atom. The molecular weight excluding hydrogens is 653 g/mol. The lowest BCUT2D eigenvalue weighted by atomic mass is 10.00. The highest BCUT2D eigenvalue weighted by atomic mass is 15.1. The van der Waals surface area contributed by atoms with Crippen LogP contribution in [0.2, 0.25) is 0 Å². The fourth-order valence-electron chi connectivity index (χ4n) is 7.94. The zero-order valence-electron chi connectivity index (χ0n) is 29.7. The molecule has 54 heavy (non-hydrogen) atoms. The highest BCUT2D eigenvalue weighted by Gasteiger charge is 2.16. The Hall–Kier alpha value is -7.16. The first-order valence-electron chi connectivity index (χ1n) is 18.5. The lowest BCUT2D eigenvalue weighted by Crippen LogP contribution is -2.09. The zero-order valence-corrected chi connectivity index (χ0v) is 29.7. The van der Waals surface area contributed by atoms with E-state index in [2.05, 4.69) is 228 Å². The lowest BCUT2D eigenvalue weighted by Gasteiger charge is -2.26. The quantitative estimate of drug-likeness (QED) is 0.162. The average molecular weight is 689 g/mol. The number of fused-ring (bicyclic) bond motifs is 5. The fourth-order valence-corrected chi connectivity index (χ4v) is 7.94. The molecule has 0 atom stereocenters. The summed E-state index contributed by atoms with van der Waals surface area (Å²) >= 11 is 0. The van der Waals surface area contributed by atoms with Crippen molar-refractivity contribution >= 4 is 49.6 Å². The number of benzene rings is 9. The smallest absolute Gasteiger partial charge is 0.0547 e. The second-order valence-corrected chi connectivity index (χ2v) is 13.8. The van der Waals surface area contributed by atoms with Gasteiger partial charge in [0.2, 0.25) is 0 Å². The minimum Gasteiger partial charge on any atom is -0.311 e. The normalized spacial score (nSPS) is 11.3. The molecule has 2 nitrogen and oxygen atoms in total. The Labute approximate surface area is 315 Å². The molecule has 0 spiro atoms. The molecule has 10 rings (SSSR count). The van der Waals surface area contributed by atoms with Gasteiger partial charge in [-0.15, -0.1) is 0 Å². The van der Waals surface area contributed by atoms with Crippen LogP contribution < -0.4 is 4.90 Å². The maximum Gasteiger partial charge on any atom is 0.0547 e. The van der Waals surface area contributed by atoms with E-state index >= 15 is 0 Å². The molecule has 0 radical (unpaired) electrons. The van der Waals surface area contributed by atoms with Crippen LogP contribution in [0.15, 0.2) is 218 Å². The summed E-state index contributed by atoms with van der Waals surface area (Å²) in [5.41, 5.74) is 14.2. The van der Waals surface area contributed by atoms with Crippen molar-refractivity contribution in [1.29, 1.82) is 0 Å². The van der Waals surface area contributed by atoms with Gasteiger partial charge in [-0.05, 0) is 105 Å². The van der Waals surface area contributed by atoms with E-state index in [1.807, 2.05) is 0 Å². The van der Waals surface area contributed by atoms with Gasteiger partial charge in [-0.25, -0.2) is 0 Å². The van der Waals surface area contributed by atoms with Crippen molar-refractivity contribution in [2.24, 2.45) is 0 Å². The van der Waals surface area contributed by atoms with Crippen LogP contribution in [0.25, 0.3) is 71.6 Å². The molecule has 0 fully saturated rings. The minimum absolute atomic E-state index is 1.11. The number of nitrogens with zero attached hydrogens (tertiary/aromatic N) is 2. The minimum atomic E-state index is 1.11. The Morgan fingerprint density at radius 1 is 0.278 bits per heavy atom. The third-order valence-electron chi connectivity index (χ3n) is 10.6. The molecule has 1 aromatic heterocycles. The molecule has 254 valence electrons. The van der Waals surface area contributed by atoms with Crippen molar-refractivity contribution in [1.82, 2.24) is 4.57 Å². The van der Waals surface area contributed by atoms with E-state index in [1.54, 1.807) is 0 Å². The number of rotatable bonds is 7. The third kappa shape index (κ3) is 5.62. The monoisotopic (exact) mass is 688 g/mol. The lowest BCUT2D eigenvalue weighted by molar-refractivity contribution is 1.18. The maximum atomic E-state index is 2.40. The standard InChI is InChI=1S/C52H36N2/c1-3-11-37(12-4-1)38-19-21-39(22-20-38)40-23-30-45(31-24-40)53(44-14-5-2-6-15-44)46-32-25-41(26-33-46)42-27-34-47(35-28-42)54-50-18-10-9-17-49(50)52-48-16-8-7-13-43(48)29-36-51(52)54/h1-36H. The van der Waals surface area contributed by atoms with Crippen LogP contribution in [-0.2, 0) is 0 Å². The van der Waals surface area contributed by atoms with Crippen LogP contribution in [0.5, 0.6) is 0 Å². The molecule has 0 amide bonds. The summed E-state index contributed by atoms with van der Waals surface area (Å²) in [4.78, 5) is 2.32. The van der Waals surface area contributed by atoms with E-state index in [0.29, 0.717) is 0 Å². The van der Waals surface area contributed by atoms with E-state index in [9.17, 15) is 0 Å². The number of anilines is 3. The zero-order chi connectivity index (χ0) is 35.8. The van der Waals surface area contributed by atoms with Gasteiger partial charge in [-0.2, -0.15) is 0 Å². The molecule has 0 bridgehead atoms. The number of para-hydroxylation sites is 2. The fraction of sp³-hybridized carbons (Fsp3) is 0. The van der Waals surface area contributed by atoms with Gasteiger partial charge in [0.05, 0.1) is 11.0 Å². The summed E-state index contributed by atoms with van der Waals surface area (Å²) in [7, 11) is 0. The molecule has 0 aliphatic heterocycles. The largest absolute Gasteiger partial charge is 0.311 e. The van der Waals surface area contributed by atoms with Crippen molar-refractivity contribution in [3.8, 4) is 39.1 Å². The van der Waals surface area contributed by atoms with Crippen LogP contribution in [0.1, 0.15) is 0 Å². The molecule has 0 saturated heterocycles. The van der Waals surface area contributed by atoms with Gasteiger partial charge < -0.3 is 9.47 Å². The van der Waals surface area contributed by atoms with Crippen molar-refractivity contribution in [2.75, 3.05) is 4.90 Å². The van der Waals surface area contributed by atoms with Gasteiger partial charge >= 0.3 is 0 Å². The average Bonchev–Trinajstić information content (AvgIpc) is 3.60. The molecule has 0 aliphatic rings. The Bertz CT molecular complexity index is 2870. The van der Waals surface area contributed by atoms with Gasteiger partial charge in [-0.3, -0.25) is 0 Å². The van der Waals surface area contributed by atoms with Crippen LogP contribution in [0.3, 0.4) is 0 Å². The van der Waals surface area contributed by atoms with Gasteiger partial charge in [0.15, 0.2) is 0 Å². The molecular formula is C52H36N2. The van der Waals surface area contributed by atoms with Crippen molar-refractivity contribution < 1.29 is 0 Å². The molecule has 0 saturated carbocycles. The molecule has 0 aliphatic carbocycles. The van der Waals surface area contributed by atoms with Gasteiger partial charge in [0.1, 0.15) is 0 Å². The van der Waals surface area contributed by atoms with E-state index in [4.69, 9.17) is 0 Å². The second kappa shape index (κ2) is 13.4. The Balaban J connectivity index is 0.951. The molecule has 9 aromatic carbocycles. The Kier molecular flexibility index (Phi) is 7.85. The van der Waals surface area contributed by atoms with Crippen LogP contribution in [-0.4, -0.2) is 4.57 Å². The van der Waals surface area contributed by atoms with E-state index < -0.39 is 0 Å². The highest BCUT2D eigenvalue weighted by Crippen LogP contribution is 2.39. The summed E-state index contributed by atoms with van der Waals surface area (Å²) in [6.07, 6.45) is 0. The van der Waals surface area contributed by atoms with Gasteiger partial charge in [0, 0.05) is 33.5 Å². The SMILES string of the molecule is c1ccc(-c2ccc(-c3ccc(N(c4ccccc4)c4ccc(-c5ccc(-n6c7ccccc7c7c8ccccc8ccc76)cc5)cc4)cc3)cc2)cc1. The third-order valence-corrected chi connectivity index (χ3v) is 10.6. The maximum absolute atomic E-state index is 2.40.